The van der Waals surface area contributed by atoms with Gasteiger partial charge in [0.15, 0.2) is 5.82 Å². The molecule has 0 saturated heterocycles. The fourth-order valence-electron chi connectivity index (χ4n) is 2.55. The molecular formula is C17H20BrN3O. The summed E-state index contributed by atoms with van der Waals surface area (Å²) in [6, 6.07) is 10.1. The maximum Gasteiger partial charge on any atom is 0.229 e. The molecule has 2 aromatic rings. The smallest absolute Gasteiger partial charge is 0.229 e. The van der Waals surface area contributed by atoms with E-state index in [0.29, 0.717) is 11.7 Å². The molecule has 4 nitrogen and oxygen atoms in total. The maximum absolute atomic E-state index is 12.3. The summed E-state index contributed by atoms with van der Waals surface area (Å²) in [6.07, 6.45) is 0.907. The van der Waals surface area contributed by atoms with Crippen LogP contribution < -0.4 is 5.32 Å². The third-order valence-electron chi connectivity index (χ3n) is 4.06. The van der Waals surface area contributed by atoms with Gasteiger partial charge in [0.2, 0.25) is 5.91 Å². The van der Waals surface area contributed by atoms with Crippen LogP contribution in [0.2, 0.25) is 0 Å². The van der Waals surface area contributed by atoms with Crippen molar-refractivity contribution in [3.8, 4) is 0 Å². The number of hydrogen-bond acceptors (Lipinski definition) is 2. The fraction of sp³-hybridized carbons (Fsp3) is 0.412. The predicted molar refractivity (Wildman–Crippen MR) is 90.9 cm³/mol. The summed E-state index contributed by atoms with van der Waals surface area (Å²) in [6.45, 7) is 6.32. The third kappa shape index (κ3) is 3.24. The molecule has 1 aromatic carbocycles. The van der Waals surface area contributed by atoms with Crippen molar-refractivity contribution in [1.29, 1.82) is 0 Å². The molecule has 1 aliphatic rings. The van der Waals surface area contributed by atoms with Crippen LogP contribution in [-0.2, 0) is 10.2 Å². The number of H-pyrrole nitrogens is 1. The van der Waals surface area contributed by atoms with E-state index in [-0.39, 0.29) is 17.2 Å². The van der Waals surface area contributed by atoms with Gasteiger partial charge in [-0.3, -0.25) is 9.89 Å². The summed E-state index contributed by atoms with van der Waals surface area (Å²) in [5.74, 6) is 1.04. The highest BCUT2D eigenvalue weighted by Gasteiger charge is 2.44. The Hall–Kier alpha value is -1.62. The second-order valence-corrected chi connectivity index (χ2v) is 7.82. The van der Waals surface area contributed by atoms with Crippen molar-refractivity contribution in [3.63, 3.8) is 0 Å². The minimum atomic E-state index is -0.00445. The zero-order chi connectivity index (χ0) is 15.9. The molecule has 0 spiro atoms. The zero-order valence-corrected chi connectivity index (χ0v) is 14.6. The van der Waals surface area contributed by atoms with Gasteiger partial charge >= 0.3 is 0 Å². The van der Waals surface area contributed by atoms with Crippen molar-refractivity contribution in [1.82, 2.24) is 10.2 Å². The Morgan fingerprint density at radius 1 is 1.32 bits per heavy atom. The normalized spacial score (nSPS) is 20.7. The minimum Gasteiger partial charge on any atom is -0.309 e. The Morgan fingerprint density at radius 2 is 2.00 bits per heavy atom. The molecule has 1 aromatic heterocycles. The first-order chi connectivity index (χ1) is 10.3. The maximum atomic E-state index is 12.3. The van der Waals surface area contributed by atoms with Gasteiger partial charge in [0.1, 0.15) is 0 Å². The van der Waals surface area contributed by atoms with Gasteiger partial charge in [-0.2, -0.15) is 5.10 Å². The SMILES string of the molecule is CC(C)(C)c1cc(NC(=O)C2CC2c2ccc(Br)cc2)n[nH]1. The van der Waals surface area contributed by atoms with E-state index in [2.05, 4.69) is 64.3 Å². The van der Waals surface area contributed by atoms with Crippen LogP contribution in [0.5, 0.6) is 0 Å². The first-order valence-corrected chi connectivity index (χ1v) is 8.26. The van der Waals surface area contributed by atoms with Crippen LogP contribution in [0.25, 0.3) is 0 Å². The molecule has 22 heavy (non-hydrogen) atoms. The van der Waals surface area contributed by atoms with Crippen LogP contribution in [0, 0.1) is 5.92 Å². The molecule has 116 valence electrons. The average molecular weight is 362 g/mol. The lowest BCUT2D eigenvalue weighted by atomic mass is 9.92. The van der Waals surface area contributed by atoms with E-state index in [0.717, 1.165) is 16.6 Å². The lowest BCUT2D eigenvalue weighted by molar-refractivity contribution is -0.117. The molecule has 2 N–H and O–H groups in total. The Bertz CT molecular complexity index is 685. The molecule has 1 saturated carbocycles. The van der Waals surface area contributed by atoms with Crippen LogP contribution in [0.4, 0.5) is 5.82 Å². The van der Waals surface area contributed by atoms with E-state index >= 15 is 0 Å². The lowest BCUT2D eigenvalue weighted by Crippen LogP contribution is -2.15. The number of amides is 1. The second-order valence-electron chi connectivity index (χ2n) is 6.91. The summed E-state index contributed by atoms with van der Waals surface area (Å²) in [5, 5.41) is 10.1. The van der Waals surface area contributed by atoms with E-state index in [4.69, 9.17) is 0 Å². The molecule has 0 aliphatic heterocycles. The van der Waals surface area contributed by atoms with Crippen LogP contribution in [0.1, 0.15) is 44.4 Å². The first-order valence-electron chi connectivity index (χ1n) is 7.47. The van der Waals surface area contributed by atoms with Gasteiger partial charge in [0.05, 0.1) is 0 Å². The van der Waals surface area contributed by atoms with Crippen LogP contribution >= 0.6 is 15.9 Å². The van der Waals surface area contributed by atoms with Crippen molar-refractivity contribution < 1.29 is 4.79 Å². The van der Waals surface area contributed by atoms with Crippen molar-refractivity contribution in [2.45, 2.75) is 38.5 Å². The number of nitrogens with zero attached hydrogens (tertiary/aromatic N) is 1. The molecule has 1 aliphatic carbocycles. The average Bonchev–Trinajstić information content (AvgIpc) is 3.10. The van der Waals surface area contributed by atoms with Gasteiger partial charge in [-0.1, -0.05) is 48.8 Å². The first kappa shape index (κ1) is 15.3. The minimum absolute atomic E-state index is 0.00445. The summed E-state index contributed by atoms with van der Waals surface area (Å²) >= 11 is 3.43. The number of aromatic nitrogens is 2. The molecule has 2 unspecified atom stereocenters. The molecule has 1 heterocycles. The van der Waals surface area contributed by atoms with Crippen LogP contribution in [-0.4, -0.2) is 16.1 Å². The largest absolute Gasteiger partial charge is 0.309 e. The van der Waals surface area contributed by atoms with Gasteiger partial charge in [0.25, 0.3) is 0 Å². The molecule has 1 fully saturated rings. The number of halogens is 1. The molecular weight excluding hydrogens is 342 g/mol. The Morgan fingerprint density at radius 3 is 2.59 bits per heavy atom. The number of rotatable bonds is 3. The highest BCUT2D eigenvalue weighted by atomic mass is 79.9. The van der Waals surface area contributed by atoms with Gasteiger partial charge in [0, 0.05) is 27.6 Å². The third-order valence-corrected chi connectivity index (χ3v) is 4.59. The van der Waals surface area contributed by atoms with Crippen LogP contribution in [0.15, 0.2) is 34.8 Å². The van der Waals surface area contributed by atoms with Crippen molar-refractivity contribution in [2.24, 2.45) is 5.92 Å². The van der Waals surface area contributed by atoms with E-state index in [1.54, 1.807) is 0 Å². The molecule has 1 amide bonds. The van der Waals surface area contributed by atoms with Crippen molar-refractivity contribution in [3.05, 3.63) is 46.1 Å². The van der Waals surface area contributed by atoms with Gasteiger partial charge in [-0.15, -0.1) is 0 Å². The van der Waals surface area contributed by atoms with Gasteiger partial charge < -0.3 is 5.32 Å². The summed E-state index contributed by atoms with van der Waals surface area (Å²) < 4.78 is 1.06. The Kier molecular flexibility index (Phi) is 3.85. The number of carbonyl (C=O) groups excluding carboxylic acids is 1. The number of nitrogens with one attached hydrogen (secondary N) is 2. The van der Waals surface area contributed by atoms with Gasteiger partial charge in [-0.25, -0.2) is 0 Å². The van der Waals surface area contributed by atoms with Crippen LogP contribution in [0.3, 0.4) is 0 Å². The number of anilines is 1. The van der Waals surface area contributed by atoms with E-state index in [1.165, 1.54) is 5.56 Å². The Labute approximate surface area is 138 Å². The topological polar surface area (TPSA) is 57.8 Å². The van der Waals surface area contributed by atoms with E-state index in [1.807, 2.05) is 18.2 Å². The summed E-state index contributed by atoms with van der Waals surface area (Å²) in [4.78, 5) is 12.3. The molecule has 2 atom stereocenters. The zero-order valence-electron chi connectivity index (χ0n) is 13.0. The molecule has 0 radical (unpaired) electrons. The number of hydrogen-bond donors (Lipinski definition) is 2. The summed E-state index contributed by atoms with van der Waals surface area (Å²) in [7, 11) is 0. The molecule has 5 heteroatoms. The summed E-state index contributed by atoms with van der Waals surface area (Å²) in [5.41, 5.74) is 2.24. The molecule has 3 rings (SSSR count). The second kappa shape index (κ2) is 5.54. The lowest BCUT2D eigenvalue weighted by Gasteiger charge is -2.14. The van der Waals surface area contributed by atoms with E-state index in [9.17, 15) is 4.79 Å². The molecule has 0 bridgehead atoms. The number of carbonyl (C=O) groups is 1. The highest BCUT2D eigenvalue weighted by Crippen LogP contribution is 2.48. The fourth-order valence-corrected chi connectivity index (χ4v) is 2.82. The number of benzene rings is 1. The van der Waals surface area contributed by atoms with Crippen molar-refractivity contribution in [2.75, 3.05) is 5.32 Å². The highest BCUT2D eigenvalue weighted by molar-refractivity contribution is 9.10. The van der Waals surface area contributed by atoms with E-state index < -0.39 is 0 Å². The van der Waals surface area contributed by atoms with Gasteiger partial charge in [-0.05, 0) is 30.0 Å². The quantitative estimate of drug-likeness (QED) is 0.859. The predicted octanol–water partition coefficient (Wildman–Crippen LogP) is 4.21. The number of aromatic amines is 1. The van der Waals surface area contributed by atoms with Crippen molar-refractivity contribution >= 4 is 27.7 Å². The monoisotopic (exact) mass is 361 g/mol. The Balaban J connectivity index is 1.62. The standard InChI is InChI=1S/C17H20BrN3O/c1-17(2,3)14-9-15(21-20-14)19-16(22)13-8-12(13)10-4-6-11(18)7-5-10/h4-7,9,12-13H,8H2,1-3H3,(H2,19,20,21,22).